The van der Waals surface area contributed by atoms with Crippen LogP contribution in [0.25, 0.3) is 0 Å². The van der Waals surface area contributed by atoms with Crippen LogP contribution in [-0.2, 0) is 9.53 Å². The second-order valence-electron chi connectivity index (χ2n) is 4.40. The Bertz CT molecular complexity index is 488. The van der Waals surface area contributed by atoms with E-state index < -0.39 is 4.92 Å². The van der Waals surface area contributed by atoms with Gasteiger partial charge in [0, 0.05) is 18.3 Å². The van der Waals surface area contributed by atoms with Crippen molar-refractivity contribution in [1.82, 2.24) is 0 Å². The number of nitrogens with zero attached hydrogens (tertiary/aromatic N) is 2. The number of nitro groups is 1. The van der Waals surface area contributed by atoms with Crippen LogP contribution in [0.2, 0.25) is 0 Å². The van der Waals surface area contributed by atoms with Gasteiger partial charge in [-0.25, -0.2) is 0 Å². The number of benzene rings is 1. The van der Waals surface area contributed by atoms with Crippen LogP contribution in [0.5, 0.6) is 0 Å². The number of anilines is 1. The summed E-state index contributed by atoms with van der Waals surface area (Å²) in [4.78, 5) is 24.0. The molecule has 0 unspecified atom stereocenters. The highest BCUT2D eigenvalue weighted by molar-refractivity contribution is 5.77. The second kappa shape index (κ2) is 7.47. The molecule has 20 heavy (non-hydrogen) atoms. The molecule has 0 fully saturated rings. The minimum atomic E-state index is -0.409. The minimum Gasteiger partial charge on any atom is -0.465 e. The Morgan fingerprint density at radius 3 is 2.65 bits per heavy atom. The zero-order valence-corrected chi connectivity index (χ0v) is 12.1. The predicted octanol–water partition coefficient (Wildman–Crippen LogP) is 2.68. The van der Waals surface area contributed by atoms with E-state index in [-0.39, 0.29) is 18.2 Å². The molecule has 0 atom stereocenters. The molecule has 0 spiro atoms. The molecule has 0 aliphatic carbocycles. The van der Waals surface area contributed by atoms with Gasteiger partial charge in [0.1, 0.15) is 6.54 Å². The molecule has 6 nitrogen and oxygen atoms in total. The first kappa shape index (κ1) is 15.9. The van der Waals surface area contributed by atoms with E-state index in [1.54, 1.807) is 26.0 Å². The van der Waals surface area contributed by atoms with Crippen molar-refractivity contribution in [1.29, 1.82) is 0 Å². The first-order chi connectivity index (χ1) is 9.51. The average Bonchev–Trinajstić information content (AvgIpc) is 2.38. The van der Waals surface area contributed by atoms with E-state index in [1.807, 2.05) is 11.8 Å². The Hall–Kier alpha value is -2.11. The number of hydrogen-bond acceptors (Lipinski definition) is 5. The molecule has 0 saturated heterocycles. The van der Waals surface area contributed by atoms with Crippen LogP contribution in [0.1, 0.15) is 25.8 Å². The first-order valence-electron chi connectivity index (χ1n) is 6.65. The lowest BCUT2D eigenvalue weighted by atomic mass is 10.1. The van der Waals surface area contributed by atoms with Gasteiger partial charge < -0.3 is 9.64 Å². The minimum absolute atomic E-state index is 0.0625. The monoisotopic (exact) mass is 280 g/mol. The summed E-state index contributed by atoms with van der Waals surface area (Å²) in [5.41, 5.74) is 1.33. The van der Waals surface area contributed by atoms with Crippen molar-refractivity contribution in [2.24, 2.45) is 0 Å². The number of rotatable bonds is 7. The van der Waals surface area contributed by atoms with Crippen molar-refractivity contribution >= 4 is 17.3 Å². The summed E-state index contributed by atoms with van der Waals surface area (Å²) in [5.74, 6) is -0.327. The highest BCUT2D eigenvalue weighted by atomic mass is 16.6. The van der Waals surface area contributed by atoms with Gasteiger partial charge in [-0.1, -0.05) is 13.0 Å². The molecule has 0 saturated carbocycles. The third-order valence-corrected chi connectivity index (χ3v) is 2.93. The average molecular weight is 280 g/mol. The van der Waals surface area contributed by atoms with E-state index in [0.29, 0.717) is 24.4 Å². The van der Waals surface area contributed by atoms with Gasteiger partial charge in [-0.2, -0.15) is 0 Å². The Balaban J connectivity index is 3.05. The van der Waals surface area contributed by atoms with Crippen LogP contribution in [0.3, 0.4) is 0 Å². The predicted molar refractivity (Wildman–Crippen MR) is 77.0 cm³/mol. The highest BCUT2D eigenvalue weighted by Crippen LogP contribution is 2.28. The lowest BCUT2D eigenvalue weighted by molar-refractivity contribution is -0.385. The van der Waals surface area contributed by atoms with Crippen molar-refractivity contribution < 1.29 is 14.5 Å². The van der Waals surface area contributed by atoms with E-state index in [0.717, 1.165) is 6.42 Å². The molecule has 0 aromatic heterocycles. The zero-order valence-electron chi connectivity index (χ0n) is 12.1. The summed E-state index contributed by atoms with van der Waals surface area (Å²) in [7, 11) is 0. The Labute approximate surface area is 118 Å². The largest absolute Gasteiger partial charge is 0.465 e. The smallest absolute Gasteiger partial charge is 0.325 e. The third-order valence-electron chi connectivity index (χ3n) is 2.93. The molecule has 1 aromatic carbocycles. The summed E-state index contributed by atoms with van der Waals surface area (Å²) in [5, 5.41) is 11.0. The Morgan fingerprint density at radius 2 is 2.10 bits per heavy atom. The van der Waals surface area contributed by atoms with Crippen molar-refractivity contribution in [2.75, 3.05) is 24.6 Å². The fourth-order valence-corrected chi connectivity index (χ4v) is 2.07. The molecule has 1 rings (SSSR count). The summed E-state index contributed by atoms with van der Waals surface area (Å²) in [6.07, 6.45) is 0.835. The van der Waals surface area contributed by atoms with E-state index in [4.69, 9.17) is 4.74 Å². The topological polar surface area (TPSA) is 72.7 Å². The summed E-state index contributed by atoms with van der Waals surface area (Å²) in [6, 6.07) is 4.89. The molecule has 0 aliphatic heterocycles. The number of carbonyl (C=O) groups excluding carboxylic acids is 1. The van der Waals surface area contributed by atoms with Crippen molar-refractivity contribution in [2.45, 2.75) is 27.2 Å². The maximum Gasteiger partial charge on any atom is 0.325 e. The fraction of sp³-hybridized carbons (Fsp3) is 0.500. The third kappa shape index (κ3) is 3.94. The number of ether oxygens (including phenoxy) is 1. The van der Waals surface area contributed by atoms with Crippen LogP contribution in [0, 0.1) is 17.0 Å². The van der Waals surface area contributed by atoms with Crippen LogP contribution < -0.4 is 4.90 Å². The number of hydrogen-bond donors (Lipinski definition) is 0. The summed E-state index contributed by atoms with van der Waals surface area (Å²) in [6.45, 7) is 6.50. The first-order valence-corrected chi connectivity index (χ1v) is 6.65. The highest BCUT2D eigenvalue weighted by Gasteiger charge is 2.19. The molecule has 0 bridgehead atoms. The maximum absolute atomic E-state index is 11.6. The molecule has 110 valence electrons. The van der Waals surface area contributed by atoms with E-state index in [9.17, 15) is 14.9 Å². The molecule has 0 N–H and O–H groups in total. The number of carbonyl (C=O) groups is 1. The quantitative estimate of drug-likeness (QED) is 0.436. The SMILES string of the molecule is CCCN(CC(=O)OCC)c1cccc([N+](=O)[O-])c1C. The fourth-order valence-electron chi connectivity index (χ4n) is 2.07. The van der Waals surface area contributed by atoms with Gasteiger partial charge in [0.15, 0.2) is 0 Å². The van der Waals surface area contributed by atoms with Gasteiger partial charge in [-0.05, 0) is 26.3 Å². The van der Waals surface area contributed by atoms with E-state index in [2.05, 4.69) is 0 Å². The molecule has 0 radical (unpaired) electrons. The van der Waals surface area contributed by atoms with Crippen LogP contribution in [-0.4, -0.2) is 30.6 Å². The maximum atomic E-state index is 11.6. The van der Waals surface area contributed by atoms with E-state index >= 15 is 0 Å². The van der Waals surface area contributed by atoms with Gasteiger partial charge >= 0.3 is 5.97 Å². The van der Waals surface area contributed by atoms with Crippen molar-refractivity contribution in [3.63, 3.8) is 0 Å². The lowest BCUT2D eigenvalue weighted by Crippen LogP contribution is -2.32. The van der Waals surface area contributed by atoms with E-state index in [1.165, 1.54) is 6.07 Å². The lowest BCUT2D eigenvalue weighted by Gasteiger charge is -2.24. The molecule has 6 heteroatoms. The summed E-state index contributed by atoms with van der Waals surface area (Å²) < 4.78 is 4.94. The molecule has 1 aromatic rings. The van der Waals surface area contributed by atoms with Crippen LogP contribution >= 0.6 is 0 Å². The number of esters is 1. The van der Waals surface area contributed by atoms with Crippen LogP contribution in [0.4, 0.5) is 11.4 Å². The normalized spacial score (nSPS) is 10.2. The Morgan fingerprint density at radius 1 is 1.40 bits per heavy atom. The van der Waals surface area contributed by atoms with Gasteiger partial charge in [0.2, 0.25) is 0 Å². The Kier molecular flexibility index (Phi) is 5.96. The summed E-state index contributed by atoms with van der Waals surface area (Å²) >= 11 is 0. The van der Waals surface area contributed by atoms with Gasteiger partial charge in [-0.3, -0.25) is 14.9 Å². The molecule has 0 amide bonds. The molecular weight excluding hydrogens is 260 g/mol. The standard InChI is InChI=1S/C14H20N2O4/c1-4-9-15(10-14(17)20-5-2)12-7-6-8-13(11(12)3)16(18)19/h6-8H,4-5,9-10H2,1-3H3. The van der Waals surface area contributed by atoms with Crippen molar-refractivity contribution in [3.05, 3.63) is 33.9 Å². The molecule has 0 aliphatic rings. The molecule has 0 heterocycles. The number of nitro benzene ring substituents is 1. The second-order valence-corrected chi connectivity index (χ2v) is 4.40. The van der Waals surface area contributed by atoms with Gasteiger partial charge in [0.25, 0.3) is 5.69 Å². The van der Waals surface area contributed by atoms with Gasteiger partial charge in [0.05, 0.1) is 17.1 Å². The molecular formula is C14H20N2O4. The van der Waals surface area contributed by atoms with Crippen LogP contribution in [0.15, 0.2) is 18.2 Å². The zero-order chi connectivity index (χ0) is 15.1. The van der Waals surface area contributed by atoms with Crippen molar-refractivity contribution in [3.8, 4) is 0 Å². The van der Waals surface area contributed by atoms with Gasteiger partial charge in [-0.15, -0.1) is 0 Å².